The summed E-state index contributed by atoms with van der Waals surface area (Å²) in [6.45, 7) is 9.62. The minimum Gasteiger partial charge on any atom is -0.354 e. The van der Waals surface area contributed by atoms with Gasteiger partial charge < -0.3 is 10.6 Å². The van der Waals surface area contributed by atoms with Gasteiger partial charge >= 0.3 is 0 Å². The van der Waals surface area contributed by atoms with Crippen LogP contribution in [0.15, 0.2) is 17.6 Å². The zero-order chi connectivity index (χ0) is 16.9. The van der Waals surface area contributed by atoms with E-state index < -0.39 is 9.84 Å². The van der Waals surface area contributed by atoms with Crippen molar-refractivity contribution in [3.8, 4) is 0 Å². The van der Waals surface area contributed by atoms with Crippen LogP contribution in [0, 0.1) is 11.3 Å². The second kappa shape index (κ2) is 9.40. The molecule has 1 heterocycles. The number of hydrogen-bond acceptors (Lipinski definition) is 3. The van der Waals surface area contributed by atoms with Crippen LogP contribution in [0.4, 0.5) is 0 Å². The zero-order valence-electron chi connectivity index (χ0n) is 14.9. The molecule has 0 bridgehead atoms. The van der Waals surface area contributed by atoms with Crippen LogP contribution in [0.3, 0.4) is 0 Å². The summed E-state index contributed by atoms with van der Waals surface area (Å²) >= 11 is 0. The monoisotopic (exact) mass is 469 g/mol. The fourth-order valence-electron chi connectivity index (χ4n) is 3.29. The van der Waals surface area contributed by atoms with Gasteiger partial charge in [-0.2, -0.15) is 0 Å². The van der Waals surface area contributed by atoms with Gasteiger partial charge in [0.25, 0.3) is 0 Å². The highest BCUT2D eigenvalue weighted by Crippen LogP contribution is 2.34. The first kappa shape index (κ1) is 21.7. The van der Waals surface area contributed by atoms with Gasteiger partial charge in [-0.05, 0) is 43.4 Å². The Morgan fingerprint density at radius 1 is 1.29 bits per heavy atom. The van der Waals surface area contributed by atoms with E-state index in [9.17, 15) is 8.42 Å². The molecule has 1 unspecified atom stereocenters. The van der Waals surface area contributed by atoms with E-state index in [-0.39, 0.29) is 35.6 Å². The lowest BCUT2D eigenvalue weighted by Gasteiger charge is -2.35. The first-order valence-electron chi connectivity index (χ1n) is 8.66. The lowest BCUT2D eigenvalue weighted by molar-refractivity contribution is 0.216. The van der Waals surface area contributed by atoms with Gasteiger partial charge in [-0.3, -0.25) is 4.99 Å². The molecule has 0 spiro atoms. The lowest BCUT2D eigenvalue weighted by atomic mass is 9.75. The topological polar surface area (TPSA) is 70.6 Å². The van der Waals surface area contributed by atoms with Crippen LogP contribution in [-0.4, -0.2) is 45.0 Å². The fraction of sp³-hybridized carbons (Fsp3) is 0.824. The molecule has 0 amide bonds. The van der Waals surface area contributed by atoms with Gasteiger partial charge in [-0.15, -0.1) is 30.6 Å². The van der Waals surface area contributed by atoms with Crippen molar-refractivity contribution >= 4 is 39.8 Å². The van der Waals surface area contributed by atoms with Gasteiger partial charge in [0.1, 0.15) is 0 Å². The summed E-state index contributed by atoms with van der Waals surface area (Å²) in [6.07, 6.45) is 7.29. The molecule has 7 heteroatoms. The number of nitrogens with zero attached hydrogens (tertiary/aromatic N) is 1. The average molecular weight is 469 g/mol. The number of hydrogen-bond donors (Lipinski definition) is 2. The van der Waals surface area contributed by atoms with E-state index in [1.54, 1.807) is 6.08 Å². The van der Waals surface area contributed by atoms with Crippen molar-refractivity contribution in [1.82, 2.24) is 10.6 Å². The second-order valence-electron chi connectivity index (χ2n) is 7.71. The summed E-state index contributed by atoms with van der Waals surface area (Å²) in [5.74, 6) is 1.54. The number of sulfone groups is 1. The number of guanidine groups is 1. The summed E-state index contributed by atoms with van der Waals surface area (Å²) in [4.78, 5) is 4.62. The molecule has 5 nitrogen and oxygen atoms in total. The van der Waals surface area contributed by atoms with Crippen molar-refractivity contribution < 1.29 is 8.42 Å². The Balaban J connectivity index is 0.00000288. The van der Waals surface area contributed by atoms with E-state index >= 15 is 0 Å². The van der Waals surface area contributed by atoms with Crippen LogP contribution >= 0.6 is 24.0 Å². The molecule has 0 aromatic heterocycles. The minimum atomic E-state index is -2.83. The SMILES string of the molecule is C=CCNC(=NCC1CCS(=O)(=O)C1)NC1CCC(C)(C)CC1.I. The van der Waals surface area contributed by atoms with Crippen molar-refractivity contribution in [3.05, 3.63) is 12.7 Å². The summed E-state index contributed by atoms with van der Waals surface area (Å²) in [5, 5.41) is 6.77. The highest BCUT2D eigenvalue weighted by atomic mass is 127. The highest BCUT2D eigenvalue weighted by molar-refractivity contribution is 14.0. The summed E-state index contributed by atoms with van der Waals surface area (Å²) in [5.41, 5.74) is 0.447. The van der Waals surface area contributed by atoms with E-state index in [2.05, 4.69) is 36.1 Å². The lowest BCUT2D eigenvalue weighted by Crippen LogP contribution is -2.46. The van der Waals surface area contributed by atoms with Crippen molar-refractivity contribution in [3.63, 3.8) is 0 Å². The van der Waals surface area contributed by atoms with E-state index in [1.165, 1.54) is 12.8 Å². The molecule has 1 aliphatic carbocycles. The van der Waals surface area contributed by atoms with Crippen molar-refractivity contribution in [2.45, 2.75) is 52.0 Å². The maximum atomic E-state index is 11.5. The number of aliphatic imine (C=N–C) groups is 1. The Morgan fingerprint density at radius 2 is 1.96 bits per heavy atom. The molecule has 1 aliphatic heterocycles. The molecule has 2 aliphatic rings. The first-order valence-corrected chi connectivity index (χ1v) is 10.5. The Hall–Kier alpha value is -0.310. The molecule has 0 aromatic carbocycles. The third-order valence-electron chi connectivity index (χ3n) is 4.93. The molecular formula is C17H32IN3O2S. The number of rotatable bonds is 5. The van der Waals surface area contributed by atoms with E-state index in [1.807, 2.05) is 0 Å². The Bertz CT molecular complexity index is 536. The standard InChI is InChI=1S/C17H31N3O2S.HI/c1-4-10-18-16(19-12-14-7-11-23(21,22)13-14)20-15-5-8-17(2,3)9-6-15;/h4,14-15H,1,5-13H2,2-3H3,(H2,18,19,20);1H. The van der Waals surface area contributed by atoms with E-state index in [0.717, 1.165) is 25.2 Å². The van der Waals surface area contributed by atoms with Gasteiger partial charge in [-0.1, -0.05) is 19.9 Å². The van der Waals surface area contributed by atoms with Gasteiger partial charge in [0.15, 0.2) is 15.8 Å². The van der Waals surface area contributed by atoms with Gasteiger partial charge in [-0.25, -0.2) is 8.42 Å². The molecule has 0 radical (unpaired) electrons. The Morgan fingerprint density at radius 3 is 2.50 bits per heavy atom. The molecule has 140 valence electrons. The van der Waals surface area contributed by atoms with Gasteiger partial charge in [0.2, 0.25) is 0 Å². The largest absolute Gasteiger partial charge is 0.354 e. The number of halogens is 1. The van der Waals surface area contributed by atoms with Crippen molar-refractivity contribution in [1.29, 1.82) is 0 Å². The minimum absolute atomic E-state index is 0. The summed E-state index contributed by atoms with van der Waals surface area (Å²) in [6, 6.07) is 0.450. The molecule has 1 saturated heterocycles. The molecule has 2 fully saturated rings. The fourth-order valence-corrected chi connectivity index (χ4v) is 5.14. The van der Waals surface area contributed by atoms with Crippen LogP contribution < -0.4 is 10.6 Å². The predicted octanol–water partition coefficient (Wildman–Crippen LogP) is 2.73. The molecule has 2 rings (SSSR count). The molecular weight excluding hydrogens is 437 g/mol. The molecule has 0 aromatic rings. The van der Waals surface area contributed by atoms with Crippen molar-refractivity contribution in [2.75, 3.05) is 24.6 Å². The first-order chi connectivity index (χ1) is 10.8. The Labute approximate surface area is 164 Å². The third kappa shape index (κ3) is 7.29. The summed E-state index contributed by atoms with van der Waals surface area (Å²) in [7, 11) is -2.83. The van der Waals surface area contributed by atoms with E-state index in [0.29, 0.717) is 30.3 Å². The normalized spacial score (nSPS) is 26.4. The molecule has 24 heavy (non-hydrogen) atoms. The highest BCUT2D eigenvalue weighted by Gasteiger charge is 2.29. The zero-order valence-corrected chi connectivity index (χ0v) is 18.0. The number of nitrogens with one attached hydrogen (secondary N) is 2. The maximum absolute atomic E-state index is 11.5. The predicted molar refractivity (Wildman–Crippen MR) is 112 cm³/mol. The van der Waals surface area contributed by atoms with Crippen LogP contribution in [-0.2, 0) is 9.84 Å². The van der Waals surface area contributed by atoms with Crippen LogP contribution in [0.1, 0.15) is 46.0 Å². The second-order valence-corrected chi connectivity index (χ2v) is 9.94. The molecule has 1 saturated carbocycles. The van der Waals surface area contributed by atoms with Crippen LogP contribution in [0.5, 0.6) is 0 Å². The molecule has 1 atom stereocenters. The smallest absolute Gasteiger partial charge is 0.191 e. The molecule has 2 N–H and O–H groups in total. The van der Waals surface area contributed by atoms with Crippen LogP contribution in [0.2, 0.25) is 0 Å². The van der Waals surface area contributed by atoms with Crippen molar-refractivity contribution in [2.24, 2.45) is 16.3 Å². The van der Waals surface area contributed by atoms with Gasteiger partial charge in [0, 0.05) is 19.1 Å². The van der Waals surface area contributed by atoms with Crippen LogP contribution in [0.25, 0.3) is 0 Å². The quantitative estimate of drug-likeness (QED) is 0.281. The van der Waals surface area contributed by atoms with E-state index in [4.69, 9.17) is 0 Å². The third-order valence-corrected chi connectivity index (χ3v) is 6.77. The Kier molecular flexibility index (Phi) is 8.52. The van der Waals surface area contributed by atoms with Gasteiger partial charge in [0.05, 0.1) is 11.5 Å². The summed E-state index contributed by atoms with van der Waals surface area (Å²) < 4.78 is 23.1. The average Bonchev–Trinajstić information content (AvgIpc) is 2.83. The maximum Gasteiger partial charge on any atom is 0.191 e.